The molecule has 4 rings (SSSR count). The third kappa shape index (κ3) is 5.28. The number of rotatable bonds is 6. The largest absolute Gasteiger partial charge is 0.351 e. The van der Waals surface area contributed by atoms with Gasteiger partial charge in [0, 0.05) is 31.5 Å². The zero-order chi connectivity index (χ0) is 21.8. The first-order valence-corrected chi connectivity index (χ1v) is 11.0. The molecule has 31 heavy (non-hydrogen) atoms. The smallest absolute Gasteiger partial charge is 0.234 e. The summed E-state index contributed by atoms with van der Waals surface area (Å²) in [5, 5.41) is 3.06. The number of aryl methyl sites for hydroxylation is 1. The molecule has 1 fully saturated rings. The number of halogens is 1. The van der Waals surface area contributed by atoms with Gasteiger partial charge >= 0.3 is 0 Å². The minimum atomic E-state index is -0.301. The first kappa shape index (κ1) is 21.4. The second-order valence-corrected chi connectivity index (χ2v) is 8.45. The fourth-order valence-electron chi connectivity index (χ4n) is 4.44. The number of carbonyl (C=O) groups is 2. The number of aromatic nitrogens is 1. The number of hydrogen-bond acceptors (Lipinski definition) is 4. The van der Waals surface area contributed by atoms with Crippen LogP contribution in [-0.4, -0.2) is 52.8 Å². The number of amides is 2. The lowest BCUT2D eigenvalue weighted by Crippen LogP contribution is -2.38. The van der Waals surface area contributed by atoms with E-state index < -0.39 is 0 Å². The molecule has 6 nitrogen and oxygen atoms in total. The molecule has 1 aromatic heterocycles. The maximum Gasteiger partial charge on any atom is 0.234 e. The molecule has 0 spiro atoms. The van der Waals surface area contributed by atoms with Crippen LogP contribution in [0.2, 0.25) is 0 Å². The van der Waals surface area contributed by atoms with Crippen molar-refractivity contribution in [3.8, 4) is 0 Å². The van der Waals surface area contributed by atoms with E-state index >= 15 is 0 Å². The van der Waals surface area contributed by atoms with Gasteiger partial charge in [-0.05, 0) is 73.7 Å². The molecule has 2 aliphatic heterocycles. The summed E-state index contributed by atoms with van der Waals surface area (Å²) in [5.41, 5.74) is 5.03. The van der Waals surface area contributed by atoms with Gasteiger partial charge in [0.1, 0.15) is 5.82 Å². The summed E-state index contributed by atoms with van der Waals surface area (Å²) in [4.78, 5) is 33.6. The van der Waals surface area contributed by atoms with Crippen LogP contribution in [0.5, 0.6) is 0 Å². The van der Waals surface area contributed by atoms with Crippen molar-refractivity contribution in [2.45, 2.75) is 45.7 Å². The Labute approximate surface area is 182 Å². The van der Waals surface area contributed by atoms with Crippen LogP contribution in [0.1, 0.15) is 40.8 Å². The van der Waals surface area contributed by atoms with E-state index in [1.165, 1.54) is 30.5 Å². The maximum atomic E-state index is 13.1. The van der Waals surface area contributed by atoms with Crippen molar-refractivity contribution in [3.05, 3.63) is 64.2 Å². The van der Waals surface area contributed by atoms with Crippen LogP contribution in [-0.2, 0) is 35.5 Å². The molecule has 0 radical (unpaired) electrons. The number of benzene rings is 1. The van der Waals surface area contributed by atoms with Crippen molar-refractivity contribution in [2.75, 3.05) is 26.2 Å². The van der Waals surface area contributed by atoms with Crippen molar-refractivity contribution in [2.24, 2.45) is 0 Å². The average Bonchev–Trinajstić information content (AvgIpc) is 3.27. The number of carbonyl (C=O) groups excluding carboxylic acids is 2. The lowest BCUT2D eigenvalue weighted by atomic mass is 9.94. The van der Waals surface area contributed by atoms with E-state index in [0.717, 1.165) is 41.9 Å². The van der Waals surface area contributed by atoms with Crippen molar-refractivity contribution in [3.63, 3.8) is 0 Å². The lowest BCUT2D eigenvalue weighted by Gasteiger charge is -2.30. The van der Waals surface area contributed by atoms with Gasteiger partial charge in [0.2, 0.25) is 11.8 Å². The second kappa shape index (κ2) is 9.56. The lowest BCUT2D eigenvalue weighted by molar-refractivity contribution is -0.131. The fraction of sp³-hybridized carbons (Fsp3) is 0.458. The Kier molecular flexibility index (Phi) is 6.61. The molecule has 2 amide bonds. The van der Waals surface area contributed by atoms with Crippen molar-refractivity contribution in [1.82, 2.24) is 20.1 Å². The summed E-state index contributed by atoms with van der Waals surface area (Å²) in [7, 11) is 0. The summed E-state index contributed by atoms with van der Waals surface area (Å²) in [6, 6.07) is 6.06. The molecule has 164 valence electrons. The summed E-state index contributed by atoms with van der Waals surface area (Å²) < 4.78 is 13.1. The number of fused-ring (bicyclic) bond motifs is 1. The van der Waals surface area contributed by atoms with E-state index in [-0.39, 0.29) is 24.1 Å². The Bertz CT molecular complexity index is 955. The number of pyridine rings is 1. The molecule has 1 saturated heterocycles. The van der Waals surface area contributed by atoms with Gasteiger partial charge in [-0.2, -0.15) is 0 Å². The zero-order valence-corrected chi connectivity index (χ0v) is 18.0. The van der Waals surface area contributed by atoms with Gasteiger partial charge in [-0.3, -0.25) is 19.5 Å². The standard InChI is InChI=1S/C24H29FN4O2/c1-17-22(14-27-23(30)16-28-9-2-3-10-28)21-8-11-29(15-19(21)13-26-17)24(31)12-18-4-6-20(25)7-5-18/h4-7,13H,2-3,8-12,14-16H2,1H3,(H,27,30). The van der Waals surface area contributed by atoms with E-state index in [2.05, 4.69) is 15.2 Å². The predicted molar refractivity (Wildman–Crippen MR) is 116 cm³/mol. The van der Waals surface area contributed by atoms with Gasteiger partial charge in [0.25, 0.3) is 0 Å². The predicted octanol–water partition coefficient (Wildman–Crippen LogP) is 2.37. The molecule has 0 atom stereocenters. The van der Waals surface area contributed by atoms with Crippen LogP contribution >= 0.6 is 0 Å². The number of hydrogen-bond donors (Lipinski definition) is 1. The zero-order valence-electron chi connectivity index (χ0n) is 18.0. The van der Waals surface area contributed by atoms with E-state index in [1.807, 2.05) is 18.0 Å². The molecule has 1 aromatic carbocycles. The van der Waals surface area contributed by atoms with Crippen LogP contribution in [0, 0.1) is 12.7 Å². The second-order valence-electron chi connectivity index (χ2n) is 8.45. The maximum absolute atomic E-state index is 13.1. The first-order chi connectivity index (χ1) is 15.0. The third-order valence-electron chi connectivity index (χ3n) is 6.25. The minimum Gasteiger partial charge on any atom is -0.351 e. The molecular formula is C24H29FN4O2. The van der Waals surface area contributed by atoms with Gasteiger partial charge < -0.3 is 10.2 Å². The van der Waals surface area contributed by atoms with Crippen LogP contribution < -0.4 is 5.32 Å². The molecule has 1 N–H and O–H groups in total. The van der Waals surface area contributed by atoms with Crippen LogP contribution in [0.15, 0.2) is 30.5 Å². The average molecular weight is 425 g/mol. The number of nitrogens with zero attached hydrogens (tertiary/aromatic N) is 3. The molecule has 2 aromatic rings. The van der Waals surface area contributed by atoms with Gasteiger partial charge in [-0.25, -0.2) is 4.39 Å². The SMILES string of the molecule is Cc1ncc2c(c1CNC(=O)CN1CCCC1)CCN(C(=O)Cc1ccc(F)cc1)C2. The number of likely N-dealkylation sites (tertiary alicyclic amines) is 1. The van der Waals surface area contributed by atoms with E-state index in [1.54, 1.807) is 12.1 Å². The summed E-state index contributed by atoms with van der Waals surface area (Å²) in [5.74, 6) is -0.228. The summed E-state index contributed by atoms with van der Waals surface area (Å²) in [6.45, 7) is 6.02. The third-order valence-corrected chi connectivity index (χ3v) is 6.25. The molecule has 7 heteroatoms. The van der Waals surface area contributed by atoms with Crippen LogP contribution in [0.25, 0.3) is 0 Å². The summed E-state index contributed by atoms with van der Waals surface area (Å²) in [6.07, 6.45) is 5.18. The highest BCUT2D eigenvalue weighted by Gasteiger charge is 2.24. The molecular weight excluding hydrogens is 395 g/mol. The van der Waals surface area contributed by atoms with Crippen molar-refractivity contribution < 1.29 is 14.0 Å². The highest BCUT2D eigenvalue weighted by atomic mass is 19.1. The number of nitrogens with one attached hydrogen (secondary N) is 1. The molecule has 0 bridgehead atoms. The van der Waals surface area contributed by atoms with Crippen molar-refractivity contribution in [1.29, 1.82) is 0 Å². The van der Waals surface area contributed by atoms with Gasteiger partial charge in [0.05, 0.1) is 13.0 Å². The van der Waals surface area contributed by atoms with Gasteiger partial charge in [-0.15, -0.1) is 0 Å². The highest BCUT2D eigenvalue weighted by molar-refractivity contribution is 5.79. The highest BCUT2D eigenvalue weighted by Crippen LogP contribution is 2.24. The normalized spacial score (nSPS) is 16.3. The van der Waals surface area contributed by atoms with Crippen LogP contribution in [0.4, 0.5) is 4.39 Å². The quantitative estimate of drug-likeness (QED) is 0.773. The molecule has 2 aliphatic rings. The topological polar surface area (TPSA) is 65.5 Å². The molecule has 3 heterocycles. The van der Waals surface area contributed by atoms with Gasteiger partial charge in [0.15, 0.2) is 0 Å². The van der Waals surface area contributed by atoms with E-state index in [0.29, 0.717) is 26.2 Å². The fourth-order valence-corrected chi connectivity index (χ4v) is 4.44. The molecule has 0 aliphatic carbocycles. The first-order valence-electron chi connectivity index (χ1n) is 11.0. The Hall–Kier alpha value is -2.80. The van der Waals surface area contributed by atoms with E-state index in [9.17, 15) is 14.0 Å². The Morgan fingerprint density at radius 1 is 1.13 bits per heavy atom. The minimum absolute atomic E-state index is 0.0262. The Balaban J connectivity index is 1.38. The Morgan fingerprint density at radius 3 is 2.61 bits per heavy atom. The molecule has 0 unspecified atom stereocenters. The summed E-state index contributed by atoms with van der Waals surface area (Å²) >= 11 is 0. The molecule has 0 saturated carbocycles. The van der Waals surface area contributed by atoms with Crippen LogP contribution in [0.3, 0.4) is 0 Å². The van der Waals surface area contributed by atoms with Crippen molar-refractivity contribution >= 4 is 11.8 Å². The monoisotopic (exact) mass is 424 g/mol. The van der Waals surface area contributed by atoms with E-state index in [4.69, 9.17) is 0 Å². The van der Waals surface area contributed by atoms with Gasteiger partial charge in [-0.1, -0.05) is 12.1 Å². The Morgan fingerprint density at radius 2 is 1.87 bits per heavy atom.